The molecule has 1 aliphatic carbocycles. The Morgan fingerprint density at radius 2 is 1.88 bits per heavy atom. The predicted molar refractivity (Wildman–Crippen MR) is 134 cm³/mol. The molecule has 2 saturated heterocycles. The molecule has 34 heavy (non-hydrogen) atoms. The third-order valence-corrected chi connectivity index (χ3v) is 8.07. The minimum Gasteiger partial charge on any atom is -0.381 e. The molecule has 192 valence electrons. The van der Waals surface area contributed by atoms with Crippen LogP contribution in [0.15, 0.2) is 21.9 Å². The van der Waals surface area contributed by atoms with Crippen LogP contribution in [-0.2, 0) is 26.7 Å². The number of ether oxygens (including phenoxy) is 3. The van der Waals surface area contributed by atoms with Gasteiger partial charge in [0.25, 0.3) is 5.88 Å². The molecular weight excluding hydrogens is 428 g/mol. The van der Waals surface area contributed by atoms with Crippen LogP contribution in [0.3, 0.4) is 0 Å². The summed E-state index contributed by atoms with van der Waals surface area (Å²) >= 11 is 0. The van der Waals surface area contributed by atoms with Crippen molar-refractivity contribution in [2.45, 2.75) is 104 Å². The van der Waals surface area contributed by atoms with Gasteiger partial charge in [0.2, 0.25) is 5.69 Å². The molecule has 1 aromatic heterocycles. The minimum atomic E-state index is -0.0465. The van der Waals surface area contributed by atoms with Crippen LogP contribution in [0, 0.1) is 11.3 Å². The lowest BCUT2D eigenvalue weighted by atomic mass is 9.67. The monoisotopic (exact) mass is 475 g/mol. The molecule has 1 N–H and O–H groups in total. The molecule has 1 atom stereocenters. The second-order valence-corrected chi connectivity index (χ2v) is 11.8. The molecule has 0 amide bonds. The topological polar surface area (TPSA) is 56.7 Å². The Morgan fingerprint density at radius 1 is 1.12 bits per heavy atom. The van der Waals surface area contributed by atoms with Gasteiger partial charge in [0, 0.05) is 30.9 Å². The van der Waals surface area contributed by atoms with Crippen molar-refractivity contribution in [2.75, 3.05) is 31.7 Å². The number of hydrogen-bond acceptors (Lipinski definition) is 5. The van der Waals surface area contributed by atoms with Crippen LogP contribution in [0.2, 0.25) is 0 Å². The molecule has 3 fully saturated rings. The van der Waals surface area contributed by atoms with E-state index in [2.05, 4.69) is 39.1 Å². The van der Waals surface area contributed by atoms with E-state index in [9.17, 15) is 0 Å². The number of hydrogen-bond donors (Lipinski definition) is 1. The Kier molecular flexibility index (Phi) is 8.42. The Hall–Kier alpha value is -1.37. The zero-order valence-electron chi connectivity index (χ0n) is 22.2. The fourth-order valence-electron chi connectivity index (χ4n) is 5.80. The summed E-state index contributed by atoms with van der Waals surface area (Å²) in [7, 11) is 2.02. The van der Waals surface area contributed by atoms with Gasteiger partial charge in [0.15, 0.2) is 13.3 Å². The van der Waals surface area contributed by atoms with Crippen molar-refractivity contribution in [1.82, 2.24) is 0 Å². The molecule has 3 aliphatic rings. The number of rotatable bonds is 9. The number of anilines is 1. The van der Waals surface area contributed by atoms with E-state index in [-0.39, 0.29) is 17.1 Å². The first-order chi connectivity index (χ1) is 16.3. The van der Waals surface area contributed by atoms with E-state index in [0.717, 1.165) is 63.7 Å². The Balaban J connectivity index is 1.45. The summed E-state index contributed by atoms with van der Waals surface area (Å²) in [4.78, 5) is 0. The van der Waals surface area contributed by atoms with Crippen LogP contribution in [0.5, 0.6) is 0 Å². The normalized spacial score (nSPS) is 24.4. The smallest absolute Gasteiger partial charge is 0.279 e. The van der Waals surface area contributed by atoms with E-state index >= 15 is 0 Å². The molecule has 0 spiro atoms. The van der Waals surface area contributed by atoms with Gasteiger partial charge in [-0.1, -0.05) is 32.8 Å². The summed E-state index contributed by atoms with van der Waals surface area (Å²) in [5, 5.41) is 3.70. The van der Waals surface area contributed by atoms with Gasteiger partial charge in [-0.05, 0) is 75.4 Å². The fraction of sp³-hybridized carbons (Fsp3) is 0.821. The number of nitrogens with zero attached hydrogens (tertiary/aromatic N) is 1. The largest absolute Gasteiger partial charge is 0.381 e. The van der Waals surface area contributed by atoms with Gasteiger partial charge in [-0.25, -0.2) is 4.52 Å². The van der Waals surface area contributed by atoms with Gasteiger partial charge < -0.3 is 19.5 Å². The Bertz CT molecular complexity index is 822. The molecule has 0 bridgehead atoms. The molecule has 1 aromatic rings. The van der Waals surface area contributed by atoms with Gasteiger partial charge in [0.1, 0.15) is 0 Å². The van der Waals surface area contributed by atoms with E-state index < -0.39 is 0 Å². The third kappa shape index (κ3) is 6.24. The molecular formula is C28H47N2O4+. The molecule has 4 rings (SSSR count). The highest BCUT2D eigenvalue weighted by Crippen LogP contribution is 2.44. The van der Waals surface area contributed by atoms with E-state index in [1.165, 1.54) is 49.1 Å². The van der Waals surface area contributed by atoms with Crippen LogP contribution in [-0.4, -0.2) is 32.7 Å². The van der Waals surface area contributed by atoms with Crippen LogP contribution < -0.4 is 10.1 Å². The standard InChI is InChI=1S/C28H46N2O4/c1-21(10-11-22-12-17-31-18-13-22)26(27(2,3)4)29-24-19-23(30(5)34-24)28(14-8-15-28)20-33-25-9-6-7-16-32-25/h19,22,25H,6-18,20H2,1-5H3/p+1. The quantitative estimate of drug-likeness (QED) is 0.443. The average Bonchev–Trinajstić information content (AvgIpc) is 3.16. The maximum absolute atomic E-state index is 6.26. The highest BCUT2D eigenvalue weighted by molar-refractivity contribution is 5.43. The van der Waals surface area contributed by atoms with Gasteiger partial charge >= 0.3 is 0 Å². The fourth-order valence-corrected chi connectivity index (χ4v) is 5.80. The summed E-state index contributed by atoms with van der Waals surface area (Å²) in [5.74, 6) is 1.61. The van der Waals surface area contributed by atoms with Crippen molar-refractivity contribution >= 4 is 5.88 Å². The van der Waals surface area contributed by atoms with Gasteiger partial charge in [-0.3, -0.25) is 0 Å². The highest BCUT2D eigenvalue weighted by Gasteiger charge is 2.48. The molecule has 6 heteroatoms. The molecule has 1 unspecified atom stereocenters. The van der Waals surface area contributed by atoms with Crippen molar-refractivity contribution in [3.05, 3.63) is 23.0 Å². The molecule has 0 aromatic carbocycles. The van der Waals surface area contributed by atoms with Crippen LogP contribution in [0.25, 0.3) is 0 Å². The van der Waals surface area contributed by atoms with Crippen molar-refractivity contribution in [3.8, 4) is 0 Å². The van der Waals surface area contributed by atoms with Crippen LogP contribution >= 0.6 is 0 Å². The van der Waals surface area contributed by atoms with E-state index in [0.29, 0.717) is 6.61 Å². The number of nitrogens with one attached hydrogen (secondary N) is 1. The average molecular weight is 476 g/mol. The third-order valence-electron chi connectivity index (χ3n) is 8.07. The first kappa shape index (κ1) is 25.7. The van der Waals surface area contributed by atoms with Gasteiger partial charge in [-0.2, -0.15) is 0 Å². The zero-order chi connectivity index (χ0) is 24.2. The summed E-state index contributed by atoms with van der Waals surface area (Å²) in [6, 6.07) is 2.21. The first-order valence-corrected chi connectivity index (χ1v) is 13.6. The summed E-state index contributed by atoms with van der Waals surface area (Å²) in [6.45, 7) is 12.5. The molecule has 3 heterocycles. The summed E-state index contributed by atoms with van der Waals surface area (Å²) < 4.78 is 25.8. The molecule has 2 aliphatic heterocycles. The maximum atomic E-state index is 6.26. The Morgan fingerprint density at radius 3 is 2.50 bits per heavy atom. The SMILES string of the molecule is CC(CCC1CCOCC1)=C(Nc1cc(C2(COC3CCCCO3)CCC2)[n+](C)o1)C(C)(C)C. The van der Waals surface area contributed by atoms with Gasteiger partial charge in [-0.15, -0.1) is 0 Å². The highest BCUT2D eigenvalue weighted by atomic mass is 16.7. The molecule has 6 nitrogen and oxygen atoms in total. The second kappa shape index (κ2) is 11.1. The number of aromatic nitrogens is 1. The number of aryl methyl sites for hydroxylation is 1. The van der Waals surface area contributed by atoms with E-state index in [4.69, 9.17) is 18.7 Å². The first-order valence-electron chi connectivity index (χ1n) is 13.6. The summed E-state index contributed by atoms with van der Waals surface area (Å²) in [6.07, 6.45) is 11.6. The number of allylic oxidation sites excluding steroid dienone is 2. The lowest BCUT2D eigenvalue weighted by Gasteiger charge is -2.38. The van der Waals surface area contributed by atoms with E-state index in [1.54, 1.807) is 0 Å². The lowest BCUT2D eigenvalue weighted by Crippen LogP contribution is -2.48. The minimum absolute atomic E-state index is 0.0148. The van der Waals surface area contributed by atoms with E-state index in [1.807, 2.05) is 11.8 Å². The van der Waals surface area contributed by atoms with Crippen molar-refractivity contribution in [3.63, 3.8) is 0 Å². The Labute approximate surface area is 206 Å². The van der Waals surface area contributed by atoms with Crippen molar-refractivity contribution < 1.29 is 23.5 Å². The van der Waals surface area contributed by atoms with Crippen LogP contribution in [0.4, 0.5) is 5.88 Å². The van der Waals surface area contributed by atoms with Gasteiger partial charge in [0.05, 0.1) is 18.1 Å². The van der Waals surface area contributed by atoms with Crippen molar-refractivity contribution in [1.29, 1.82) is 0 Å². The van der Waals surface area contributed by atoms with Crippen LogP contribution in [0.1, 0.15) is 97.6 Å². The van der Waals surface area contributed by atoms with Crippen molar-refractivity contribution in [2.24, 2.45) is 18.4 Å². The molecule has 0 radical (unpaired) electrons. The molecule has 1 saturated carbocycles. The second-order valence-electron chi connectivity index (χ2n) is 11.8. The lowest BCUT2D eigenvalue weighted by molar-refractivity contribution is -0.851. The predicted octanol–water partition coefficient (Wildman–Crippen LogP) is 6.01. The maximum Gasteiger partial charge on any atom is 0.279 e. The zero-order valence-corrected chi connectivity index (χ0v) is 22.2. The summed E-state index contributed by atoms with van der Waals surface area (Å²) in [5.41, 5.74) is 3.97.